The molecule has 6 heteroatoms. The van der Waals surface area contributed by atoms with Crippen LogP contribution in [0.25, 0.3) is 0 Å². The summed E-state index contributed by atoms with van der Waals surface area (Å²) in [6.45, 7) is 13.4. The Morgan fingerprint density at radius 1 is 1.14 bits per heavy atom. The molecule has 1 aliphatic heterocycles. The first kappa shape index (κ1) is 27.2. The van der Waals surface area contributed by atoms with E-state index in [0.29, 0.717) is 36.8 Å². The van der Waals surface area contributed by atoms with E-state index in [1.54, 1.807) is 17.9 Å². The van der Waals surface area contributed by atoms with Crippen molar-refractivity contribution in [3.8, 4) is 11.8 Å². The van der Waals surface area contributed by atoms with Crippen LogP contribution in [-0.2, 0) is 19.1 Å². The lowest BCUT2D eigenvalue weighted by Gasteiger charge is -2.36. The zero-order valence-corrected chi connectivity index (χ0v) is 22.1. The van der Waals surface area contributed by atoms with E-state index in [2.05, 4.69) is 18.8 Å². The molecular formula is C29H41NO5. The fraction of sp³-hybridized carbons (Fsp3) is 0.690. The van der Waals surface area contributed by atoms with Crippen molar-refractivity contribution in [2.45, 2.75) is 79.8 Å². The second-order valence-corrected chi connectivity index (χ2v) is 11.7. The molecular weight excluding hydrogens is 442 g/mol. The molecule has 1 saturated heterocycles. The fourth-order valence-electron chi connectivity index (χ4n) is 5.36. The molecule has 35 heavy (non-hydrogen) atoms. The van der Waals surface area contributed by atoms with Crippen LogP contribution in [0, 0.1) is 40.9 Å². The topological polar surface area (TPSA) is 83.9 Å². The smallest absolute Gasteiger partial charge is 0.332 e. The van der Waals surface area contributed by atoms with Gasteiger partial charge in [0.2, 0.25) is 5.91 Å². The molecule has 3 aliphatic rings. The van der Waals surface area contributed by atoms with Crippen LogP contribution in [0.3, 0.4) is 0 Å². The molecule has 2 unspecified atom stereocenters. The lowest BCUT2D eigenvalue weighted by Crippen LogP contribution is -2.49. The van der Waals surface area contributed by atoms with Gasteiger partial charge in [-0.25, -0.2) is 4.79 Å². The van der Waals surface area contributed by atoms with Crippen molar-refractivity contribution in [3.63, 3.8) is 0 Å². The molecule has 2 fully saturated rings. The zero-order valence-electron chi connectivity index (χ0n) is 22.1. The number of hydrogen-bond acceptors (Lipinski definition) is 4. The van der Waals surface area contributed by atoms with Crippen LogP contribution < -0.4 is 0 Å². The van der Waals surface area contributed by atoms with E-state index in [1.165, 1.54) is 0 Å². The van der Waals surface area contributed by atoms with Crippen LogP contribution in [0.2, 0.25) is 0 Å². The van der Waals surface area contributed by atoms with Crippen LogP contribution in [-0.4, -0.2) is 53.5 Å². The molecule has 0 bridgehead atoms. The lowest BCUT2D eigenvalue weighted by molar-refractivity contribution is -0.146. The largest absolute Gasteiger partial charge is 0.478 e. The monoisotopic (exact) mass is 483 g/mol. The molecule has 3 atom stereocenters. The number of amides is 1. The molecule has 1 heterocycles. The zero-order chi connectivity index (χ0) is 25.9. The number of Topliss-reactive ketones (excluding diaryl/α,β-unsaturated/α-hetero) is 1. The molecule has 0 aromatic heterocycles. The summed E-state index contributed by atoms with van der Waals surface area (Å²) in [6.07, 6.45) is 5.46. The van der Waals surface area contributed by atoms with Crippen LogP contribution in [0.15, 0.2) is 22.8 Å². The standard InChI is InChI=1S/C29H41NO5/c1-18-7-9-22(10-8-18)26(31)25(20(3)27(32)30-13-14-35-19(2)17-30)23-15-21(11-12-29(4,5)6)16-24(23)28(33)34/h15,18-20,22,25H,7-10,13-14,16-17H2,1-6H3,(H,33,34)/t18?,19?,20-,22?,25?/m1/s1. The van der Waals surface area contributed by atoms with Crippen LogP contribution >= 0.6 is 0 Å². The molecule has 2 aliphatic carbocycles. The molecule has 3 rings (SSSR count). The summed E-state index contributed by atoms with van der Waals surface area (Å²) in [4.78, 5) is 41.6. The van der Waals surface area contributed by atoms with Crippen LogP contribution in [0.1, 0.15) is 73.6 Å². The van der Waals surface area contributed by atoms with Crippen molar-refractivity contribution in [1.29, 1.82) is 0 Å². The van der Waals surface area contributed by atoms with Crippen molar-refractivity contribution < 1.29 is 24.2 Å². The predicted octanol–water partition coefficient (Wildman–Crippen LogP) is 4.64. The quantitative estimate of drug-likeness (QED) is 0.557. The van der Waals surface area contributed by atoms with Gasteiger partial charge in [0.1, 0.15) is 5.78 Å². The molecule has 0 radical (unpaired) electrons. The van der Waals surface area contributed by atoms with Gasteiger partial charge in [0.25, 0.3) is 0 Å². The number of hydrogen-bond donors (Lipinski definition) is 1. The van der Waals surface area contributed by atoms with Gasteiger partial charge in [-0.05, 0) is 58.1 Å². The summed E-state index contributed by atoms with van der Waals surface area (Å²) in [7, 11) is 0. The minimum absolute atomic E-state index is 0.00842. The van der Waals surface area contributed by atoms with Gasteiger partial charge in [-0.3, -0.25) is 9.59 Å². The number of allylic oxidation sites excluding steroid dienone is 3. The Bertz CT molecular complexity index is 965. The lowest BCUT2D eigenvalue weighted by atomic mass is 9.72. The highest BCUT2D eigenvalue weighted by molar-refractivity contribution is 5.97. The number of morpholine rings is 1. The Hall–Kier alpha value is -2.39. The molecule has 0 aromatic rings. The number of aliphatic carboxylic acids is 1. The number of ketones is 1. The highest BCUT2D eigenvalue weighted by Crippen LogP contribution is 2.40. The Labute approximate surface area is 210 Å². The second kappa shape index (κ2) is 11.1. The number of carboxylic acid groups (broad SMARTS) is 1. The average Bonchev–Trinajstić information content (AvgIpc) is 3.21. The first-order valence-electron chi connectivity index (χ1n) is 13.0. The van der Waals surface area contributed by atoms with Gasteiger partial charge in [0.15, 0.2) is 0 Å². The summed E-state index contributed by atoms with van der Waals surface area (Å²) in [5.41, 5.74) is 1.14. The van der Waals surface area contributed by atoms with Crippen LogP contribution in [0.5, 0.6) is 0 Å². The maximum absolute atomic E-state index is 14.0. The van der Waals surface area contributed by atoms with Gasteiger partial charge in [-0.2, -0.15) is 0 Å². The minimum atomic E-state index is -1.04. The molecule has 1 N–H and O–H groups in total. The van der Waals surface area contributed by atoms with E-state index in [1.807, 2.05) is 27.7 Å². The van der Waals surface area contributed by atoms with E-state index in [4.69, 9.17) is 4.74 Å². The van der Waals surface area contributed by atoms with E-state index in [-0.39, 0.29) is 41.1 Å². The maximum Gasteiger partial charge on any atom is 0.332 e. The van der Waals surface area contributed by atoms with E-state index < -0.39 is 17.8 Å². The maximum atomic E-state index is 14.0. The first-order valence-corrected chi connectivity index (χ1v) is 13.0. The highest BCUT2D eigenvalue weighted by atomic mass is 16.5. The average molecular weight is 484 g/mol. The van der Waals surface area contributed by atoms with Gasteiger partial charge in [-0.15, -0.1) is 0 Å². The third-order valence-corrected chi connectivity index (χ3v) is 7.40. The van der Waals surface area contributed by atoms with Gasteiger partial charge < -0.3 is 14.7 Å². The summed E-state index contributed by atoms with van der Waals surface area (Å²) in [5.74, 6) is 4.19. The third kappa shape index (κ3) is 6.85. The molecule has 0 aromatic carbocycles. The number of carbonyl (C=O) groups is 3. The Balaban J connectivity index is 1.99. The van der Waals surface area contributed by atoms with Crippen molar-refractivity contribution in [3.05, 3.63) is 22.8 Å². The van der Waals surface area contributed by atoms with Gasteiger partial charge in [0, 0.05) is 47.9 Å². The number of rotatable bonds is 6. The summed E-state index contributed by atoms with van der Waals surface area (Å²) < 4.78 is 5.60. The second-order valence-electron chi connectivity index (χ2n) is 11.7. The van der Waals surface area contributed by atoms with E-state index in [9.17, 15) is 19.5 Å². The van der Waals surface area contributed by atoms with Crippen LogP contribution in [0.4, 0.5) is 0 Å². The molecule has 1 amide bonds. The number of nitrogens with zero attached hydrogens (tertiary/aromatic N) is 1. The van der Waals surface area contributed by atoms with Crippen molar-refractivity contribution in [2.24, 2.45) is 29.1 Å². The Morgan fingerprint density at radius 2 is 1.80 bits per heavy atom. The predicted molar refractivity (Wildman–Crippen MR) is 135 cm³/mol. The fourth-order valence-corrected chi connectivity index (χ4v) is 5.36. The molecule has 0 spiro atoms. The van der Waals surface area contributed by atoms with E-state index >= 15 is 0 Å². The van der Waals surface area contributed by atoms with Crippen molar-refractivity contribution in [1.82, 2.24) is 4.90 Å². The molecule has 192 valence electrons. The normalized spacial score (nSPS) is 27.0. The van der Waals surface area contributed by atoms with Gasteiger partial charge in [0.05, 0.1) is 18.6 Å². The number of carboxylic acids is 1. The number of carbonyl (C=O) groups excluding carboxylic acids is 2. The first-order chi connectivity index (χ1) is 16.4. The van der Waals surface area contributed by atoms with Gasteiger partial charge >= 0.3 is 5.97 Å². The van der Waals surface area contributed by atoms with Crippen molar-refractivity contribution in [2.75, 3.05) is 19.7 Å². The molecule has 1 saturated carbocycles. The third-order valence-electron chi connectivity index (χ3n) is 7.40. The number of ether oxygens (including phenoxy) is 1. The Morgan fingerprint density at radius 3 is 2.37 bits per heavy atom. The summed E-state index contributed by atoms with van der Waals surface area (Å²) in [6, 6.07) is 0. The SMILES string of the molecule is CC1CCC(C(=O)C(C2=C(C(=O)O)CC(C#CC(C)(C)C)=C2)[C@@H](C)C(=O)N2CCOC(C)C2)CC1. The highest BCUT2D eigenvalue weighted by Gasteiger charge is 2.42. The van der Waals surface area contributed by atoms with Gasteiger partial charge in [-0.1, -0.05) is 38.5 Å². The van der Waals surface area contributed by atoms with Crippen molar-refractivity contribution >= 4 is 17.7 Å². The molecule has 6 nitrogen and oxygen atoms in total. The Kier molecular flexibility index (Phi) is 8.64. The van der Waals surface area contributed by atoms with E-state index in [0.717, 1.165) is 25.7 Å². The summed E-state index contributed by atoms with van der Waals surface area (Å²) >= 11 is 0. The minimum Gasteiger partial charge on any atom is -0.478 e. The summed E-state index contributed by atoms with van der Waals surface area (Å²) in [5, 5.41) is 10.0.